The van der Waals surface area contributed by atoms with E-state index in [0.29, 0.717) is 6.42 Å². The highest BCUT2D eigenvalue weighted by Gasteiger charge is 2.19. The van der Waals surface area contributed by atoms with E-state index in [1.165, 1.54) is 0 Å². The minimum atomic E-state index is -3.10. The number of nitrogens with one attached hydrogen (secondary N) is 1. The van der Waals surface area contributed by atoms with Crippen LogP contribution in [-0.2, 0) is 21.1 Å². The Labute approximate surface area is 120 Å². The maximum absolute atomic E-state index is 11.9. The number of benzene rings is 1. The summed E-state index contributed by atoms with van der Waals surface area (Å²) in [4.78, 5) is 11.9. The van der Waals surface area contributed by atoms with Crippen LogP contribution in [0.5, 0.6) is 0 Å². The third-order valence-corrected chi connectivity index (χ3v) is 4.86. The molecule has 0 aliphatic carbocycles. The second-order valence-corrected chi connectivity index (χ2v) is 7.30. The number of carbonyl (C=O) groups excluding carboxylic acids is 1. The first-order chi connectivity index (χ1) is 9.34. The zero-order valence-electron chi connectivity index (χ0n) is 11.9. The van der Waals surface area contributed by atoms with Crippen molar-refractivity contribution >= 4 is 15.7 Å². The summed E-state index contributed by atoms with van der Waals surface area (Å²) < 4.78 is 22.9. The van der Waals surface area contributed by atoms with Crippen LogP contribution in [0.4, 0.5) is 0 Å². The quantitative estimate of drug-likeness (QED) is 0.767. The Morgan fingerprint density at radius 3 is 2.45 bits per heavy atom. The third kappa shape index (κ3) is 5.71. The minimum Gasteiger partial charge on any atom is -0.351 e. The first kappa shape index (κ1) is 16.7. The molecule has 20 heavy (non-hydrogen) atoms. The smallest absolute Gasteiger partial charge is 0.237 e. The molecule has 1 amide bonds. The molecule has 0 fully saturated rings. The average molecular weight is 298 g/mol. The normalized spacial score (nSPS) is 14.6. The molecule has 0 heterocycles. The van der Waals surface area contributed by atoms with Gasteiger partial charge in [-0.3, -0.25) is 4.79 Å². The molecule has 0 aromatic heterocycles. The molecule has 0 saturated heterocycles. The first-order valence-electron chi connectivity index (χ1n) is 6.64. The molecule has 0 aliphatic heterocycles. The van der Waals surface area contributed by atoms with Crippen molar-refractivity contribution in [1.29, 1.82) is 0 Å². The maximum atomic E-state index is 11.9. The Hall–Kier alpha value is -1.40. The summed E-state index contributed by atoms with van der Waals surface area (Å²) in [6.07, 6.45) is 0.430. The van der Waals surface area contributed by atoms with Gasteiger partial charge in [-0.2, -0.15) is 0 Å². The Bertz CT molecular complexity index is 529. The number of hydrogen-bond donors (Lipinski definition) is 2. The van der Waals surface area contributed by atoms with Crippen LogP contribution >= 0.6 is 0 Å². The summed E-state index contributed by atoms with van der Waals surface area (Å²) in [5.74, 6) is -0.316. The molecule has 0 aliphatic rings. The molecule has 112 valence electrons. The molecule has 0 bridgehead atoms. The van der Waals surface area contributed by atoms with Crippen molar-refractivity contribution in [1.82, 2.24) is 5.32 Å². The molecule has 1 unspecified atom stereocenters. The van der Waals surface area contributed by atoms with Gasteiger partial charge in [-0.15, -0.1) is 0 Å². The first-order valence-corrected chi connectivity index (χ1v) is 8.46. The van der Waals surface area contributed by atoms with Crippen molar-refractivity contribution in [2.45, 2.75) is 32.4 Å². The SMILES string of the molecule is CCS(=O)(=O)CC(C)NC(=O)[C@@H](N)Cc1ccccc1. The van der Waals surface area contributed by atoms with E-state index >= 15 is 0 Å². The fourth-order valence-corrected chi connectivity index (χ4v) is 2.93. The Balaban J connectivity index is 2.50. The van der Waals surface area contributed by atoms with Crippen LogP contribution in [0, 0.1) is 0 Å². The predicted molar refractivity (Wildman–Crippen MR) is 80.1 cm³/mol. The van der Waals surface area contributed by atoms with Gasteiger partial charge in [0.25, 0.3) is 0 Å². The lowest BCUT2D eigenvalue weighted by Gasteiger charge is -2.17. The molecule has 0 saturated carbocycles. The van der Waals surface area contributed by atoms with Gasteiger partial charge in [-0.1, -0.05) is 37.3 Å². The molecule has 0 spiro atoms. The Morgan fingerprint density at radius 2 is 1.90 bits per heavy atom. The summed E-state index contributed by atoms with van der Waals surface area (Å²) in [6.45, 7) is 3.26. The van der Waals surface area contributed by atoms with Crippen LogP contribution < -0.4 is 11.1 Å². The van der Waals surface area contributed by atoms with E-state index in [9.17, 15) is 13.2 Å². The second-order valence-electron chi connectivity index (χ2n) is 4.90. The third-order valence-electron chi connectivity index (χ3n) is 2.97. The zero-order chi connectivity index (χ0) is 15.2. The molecule has 1 aromatic carbocycles. The van der Waals surface area contributed by atoms with Crippen molar-refractivity contribution in [2.24, 2.45) is 5.73 Å². The summed E-state index contributed by atoms with van der Waals surface area (Å²) in [5.41, 5.74) is 6.81. The summed E-state index contributed by atoms with van der Waals surface area (Å²) in [5, 5.41) is 2.65. The summed E-state index contributed by atoms with van der Waals surface area (Å²) >= 11 is 0. The lowest BCUT2D eigenvalue weighted by Crippen LogP contribution is -2.47. The van der Waals surface area contributed by atoms with Gasteiger partial charge in [0.1, 0.15) is 0 Å². The second kappa shape index (κ2) is 7.40. The van der Waals surface area contributed by atoms with Crippen LogP contribution in [-0.4, -0.2) is 37.9 Å². The van der Waals surface area contributed by atoms with E-state index in [-0.39, 0.29) is 17.4 Å². The van der Waals surface area contributed by atoms with Gasteiger partial charge in [-0.05, 0) is 18.9 Å². The van der Waals surface area contributed by atoms with Crippen molar-refractivity contribution in [2.75, 3.05) is 11.5 Å². The van der Waals surface area contributed by atoms with E-state index in [1.54, 1.807) is 13.8 Å². The van der Waals surface area contributed by atoms with E-state index < -0.39 is 21.9 Å². The van der Waals surface area contributed by atoms with Gasteiger partial charge < -0.3 is 11.1 Å². The number of carbonyl (C=O) groups is 1. The highest BCUT2D eigenvalue weighted by atomic mass is 32.2. The van der Waals surface area contributed by atoms with E-state index in [4.69, 9.17) is 5.73 Å². The Morgan fingerprint density at radius 1 is 1.30 bits per heavy atom. The van der Waals surface area contributed by atoms with E-state index in [2.05, 4.69) is 5.32 Å². The van der Waals surface area contributed by atoms with Crippen molar-refractivity contribution in [3.63, 3.8) is 0 Å². The van der Waals surface area contributed by atoms with Gasteiger partial charge in [0.2, 0.25) is 5.91 Å². The number of hydrogen-bond acceptors (Lipinski definition) is 4. The molecular weight excluding hydrogens is 276 g/mol. The summed E-state index contributed by atoms with van der Waals surface area (Å²) in [6, 6.07) is 8.36. The average Bonchev–Trinajstić information content (AvgIpc) is 2.39. The molecule has 2 atom stereocenters. The number of nitrogens with two attached hydrogens (primary N) is 1. The number of sulfone groups is 1. The fourth-order valence-electron chi connectivity index (χ4n) is 1.85. The standard InChI is InChI=1S/C14H22N2O3S/c1-3-20(18,19)10-11(2)16-14(17)13(15)9-12-7-5-4-6-8-12/h4-8,11,13H,3,9-10,15H2,1-2H3,(H,16,17)/t11?,13-/m0/s1. The van der Waals surface area contributed by atoms with Crippen LogP contribution in [0.25, 0.3) is 0 Å². The molecule has 1 rings (SSSR count). The van der Waals surface area contributed by atoms with Crippen molar-refractivity contribution in [3.05, 3.63) is 35.9 Å². The minimum absolute atomic E-state index is 0.0622. The monoisotopic (exact) mass is 298 g/mol. The lowest BCUT2D eigenvalue weighted by molar-refractivity contribution is -0.122. The Kier molecular flexibility index (Phi) is 6.16. The fraction of sp³-hybridized carbons (Fsp3) is 0.500. The highest BCUT2D eigenvalue weighted by Crippen LogP contribution is 2.02. The van der Waals surface area contributed by atoms with E-state index in [1.807, 2.05) is 30.3 Å². The molecular formula is C14H22N2O3S. The van der Waals surface area contributed by atoms with Crippen molar-refractivity contribution < 1.29 is 13.2 Å². The topological polar surface area (TPSA) is 89.3 Å². The van der Waals surface area contributed by atoms with Gasteiger partial charge in [0.05, 0.1) is 11.8 Å². The van der Waals surface area contributed by atoms with Crippen LogP contribution in [0.1, 0.15) is 19.4 Å². The molecule has 1 aromatic rings. The molecule has 6 heteroatoms. The zero-order valence-corrected chi connectivity index (χ0v) is 12.7. The molecule has 5 nitrogen and oxygen atoms in total. The van der Waals surface area contributed by atoms with Crippen LogP contribution in [0.2, 0.25) is 0 Å². The maximum Gasteiger partial charge on any atom is 0.237 e. The van der Waals surface area contributed by atoms with Gasteiger partial charge >= 0.3 is 0 Å². The van der Waals surface area contributed by atoms with Crippen molar-refractivity contribution in [3.8, 4) is 0 Å². The van der Waals surface area contributed by atoms with Crippen LogP contribution in [0.15, 0.2) is 30.3 Å². The van der Waals surface area contributed by atoms with Gasteiger partial charge in [-0.25, -0.2) is 8.42 Å². The van der Waals surface area contributed by atoms with Gasteiger partial charge in [0.15, 0.2) is 9.84 Å². The van der Waals surface area contributed by atoms with E-state index in [0.717, 1.165) is 5.56 Å². The highest BCUT2D eigenvalue weighted by molar-refractivity contribution is 7.91. The largest absolute Gasteiger partial charge is 0.351 e. The predicted octanol–water partition coefficient (Wildman–Crippen LogP) is 0.496. The molecule has 3 N–H and O–H groups in total. The molecule has 0 radical (unpaired) electrons. The number of amides is 1. The lowest BCUT2D eigenvalue weighted by atomic mass is 10.1. The van der Waals surface area contributed by atoms with Crippen LogP contribution in [0.3, 0.4) is 0 Å². The summed E-state index contributed by atoms with van der Waals surface area (Å²) in [7, 11) is -3.10. The van der Waals surface area contributed by atoms with Gasteiger partial charge in [0, 0.05) is 11.8 Å². The number of rotatable bonds is 7.